The molecule has 0 bridgehead atoms. The fourth-order valence-electron chi connectivity index (χ4n) is 2.53. The summed E-state index contributed by atoms with van der Waals surface area (Å²) in [7, 11) is 0. The molecule has 0 saturated carbocycles. The molecule has 20 heavy (non-hydrogen) atoms. The van der Waals surface area contributed by atoms with Gasteiger partial charge in [-0.05, 0) is 50.5 Å². The molecule has 1 aromatic heterocycles. The molecule has 0 saturated heterocycles. The van der Waals surface area contributed by atoms with E-state index >= 15 is 0 Å². The monoisotopic (exact) mass is 268 g/mol. The van der Waals surface area contributed by atoms with Gasteiger partial charge in [0.2, 0.25) is 0 Å². The van der Waals surface area contributed by atoms with Crippen molar-refractivity contribution >= 4 is 11.9 Å². The molecule has 0 amide bonds. The SMILES string of the molecule is CCn1c(C)cc(C=Nc2ccc(C(C)C)cc2)c1C. The van der Waals surface area contributed by atoms with Crippen LogP contribution in [0, 0.1) is 13.8 Å². The fourth-order valence-corrected chi connectivity index (χ4v) is 2.53. The largest absolute Gasteiger partial charge is 0.349 e. The van der Waals surface area contributed by atoms with Crippen molar-refractivity contribution < 1.29 is 0 Å². The molecule has 0 fully saturated rings. The lowest BCUT2D eigenvalue weighted by molar-refractivity contribution is 0.718. The number of benzene rings is 1. The average Bonchev–Trinajstić information content (AvgIpc) is 2.71. The molecule has 106 valence electrons. The van der Waals surface area contributed by atoms with E-state index in [-0.39, 0.29) is 0 Å². The zero-order chi connectivity index (χ0) is 14.7. The first kappa shape index (κ1) is 14.6. The third-order valence-electron chi connectivity index (χ3n) is 3.84. The van der Waals surface area contributed by atoms with Crippen LogP contribution in [0.25, 0.3) is 0 Å². The lowest BCUT2D eigenvalue weighted by Gasteiger charge is -2.05. The topological polar surface area (TPSA) is 17.3 Å². The zero-order valence-electron chi connectivity index (χ0n) is 13.1. The van der Waals surface area contributed by atoms with E-state index in [4.69, 9.17) is 0 Å². The first-order valence-electron chi connectivity index (χ1n) is 7.33. The maximum atomic E-state index is 4.59. The highest BCUT2D eigenvalue weighted by Crippen LogP contribution is 2.20. The van der Waals surface area contributed by atoms with Gasteiger partial charge in [-0.25, -0.2) is 0 Å². The second-order valence-corrected chi connectivity index (χ2v) is 5.58. The molecule has 2 heteroatoms. The smallest absolute Gasteiger partial charge is 0.0630 e. The Labute approximate surface area is 122 Å². The molecule has 2 nitrogen and oxygen atoms in total. The minimum Gasteiger partial charge on any atom is -0.349 e. The Morgan fingerprint density at radius 3 is 2.30 bits per heavy atom. The first-order valence-corrected chi connectivity index (χ1v) is 7.33. The van der Waals surface area contributed by atoms with E-state index in [1.54, 1.807) is 0 Å². The number of hydrogen-bond acceptors (Lipinski definition) is 1. The van der Waals surface area contributed by atoms with Gasteiger partial charge in [0.1, 0.15) is 0 Å². The summed E-state index contributed by atoms with van der Waals surface area (Å²) < 4.78 is 2.31. The molecule has 0 aliphatic heterocycles. The maximum absolute atomic E-state index is 4.59. The molecule has 2 rings (SSSR count). The summed E-state index contributed by atoms with van der Waals surface area (Å²) in [6.07, 6.45) is 1.97. The van der Waals surface area contributed by atoms with Gasteiger partial charge >= 0.3 is 0 Å². The Balaban J connectivity index is 2.21. The van der Waals surface area contributed by atoms with E-state index in [0.29, 0.717) is 5.92 Å². The predicted molar refractivity (Wildman–Crippen MR) is 87.4 cm³/mol. The van der Waals surface area contributed by atoms with Crippen LogP contribution in [0.4, 0.5) is 5.69 Å². The highest BCUT2D eigenvalue weighted by molar-refractivity contribution is 5.83. The van der Waals surface area contributed by atoms with Crippen LogP contribution in [-0.2, 0) is 6.54 Å². The van der Waals surface area contributed by atoms with Crippen molar-refractivity contribution in [1.29, 1.82) is 0 Å². The van der Waals surface area contributed by atoms with Crippen molar-refractivity contribution in [2.45, 2.75) is 47.1 Å². The van der Waals surface area contributed by atoms with Crippen LogP contribution in [0.5, 0.6) is 0 Å². The Hall–Kier alpha value is -1.83. The van der Waals surface area contributed by atoms with Gasteiger partial charge in [-0.15, -0.1) is 0 Å². The Morgan fingerprint density at radius 1 is 1.15 bits per heavy atom. The fraction of sp³-hybridized carbons (Fsp3) is 0.389. The van der Waals surface area contributed by atoms with Crippen LogP contribution in [0.15, 0.2) is 35.3 Å². The van der Waals surface area contributed by atoms with Crippen LogP contribution in [0.1, 0.15) is 49.2 Å². The number of rotatable bonds is 4. The molecule has 0 unspecified atom stereocenters. The second kappa shape index (κ2) is 6.08. The molecular weight excluding hydrogens is 244 g/mol. The maximum Gasteiger partial charge on any atom is 0.0630 e. The van der Waals surface area contributed by atoms with Crippen LogP contribution in [0.3, 0.4) is 0 Å². The van der Waals surface area contributed by atoms with Gasteiger partial charge in [0, 0.05) is 29.7 Å². The van der Waals surface area contributed by atoms with Crippen molar-refractivity contribution in [1.82, 2.24) is 4.57 Å². The normalized spacial score (nSPS) is 11.7. The van der Waals surface area contributed by atoms with E-state index < -0.39 is 0 Å². The van der Waals surface area contributed by atoms with Gasteiger partial charge in [-0.2, -0.15) is 0 Å². The standard InChI is InChI=1S/C18H24N2/c1-6-20-14(4)11-17(15(20)5)12-19-18-9-7-16(8-10-18)13(2)3/h7-13H,6H2,1-5H3. The lowest BCUT2D eigenvalue weighted by atomic mass is 10.0. The predicted octanol–water partition coefficient (Wildman–Crippen LogP) is 5.00. The van der Waals surface area contributed by atoms with Crippen molar-refractivity contribution in [2.24, 2.45) is 4.99 Å². The van der Waals surface area contributed by atoms with Gasteiger partial charge in [-0.3, -0.25) is 4.99 Å². The number of aliphatic imine (C=N–C) groups is 1. The van der Waals surface area contributed by atoms with E-state index in [2.05, 4.69) is 74.5 Å². The van der Waals surface area contributed by atoms with Gasteiger partial charge in [0.15, 0.2) is 0 Å². The minimum absolute atomic E-state index is 0.566. The molecule has 0 aliphatic carbocycles. The van der Waals surface area contributed by atoms with Crippen molar-refractivity contribution in [3.8, 4) is 0 Å². The Kier molecular flexibility index (Phi) is 4.43. The molecule has 0 atom stereocenters. The van der Waals surface area contributed by atoms with Gasteiger partial charge in [0.05, 0.1) is 5.69 Å². The number of aryl methyl sites for hydroxylation is 1. The third-order valence-corrected chi connectivity index (χ3v) is 3.84. The van der Waals surface area contributed by atoms with Crippen molar-refractivity contribution in [3.05, 3.63) is 52.8 Å². The van der Waals surface area contributed by atoms with E-state index in [9.17, 15) is 0 Å². The highest BCUT2D eigenvalue weighted by Gasteiger charge is 2.05. The summed E-state index contributed by atoms with van der Waals surface area (Å²) in [6.45, 7) is 11.9. The van der Waals surface area contributed by atoms with Crippen LogP contribution < -0.4 is 0 Å². The van der Waals surface area contributed by atoms with Crippen LogP contribution >= 0.6 is 0 Å². The molecule has 0 aliphatic rings. The third kappa shape index (κ3) is 3.01. The molecule has 0 N–H and O–H groups in total. The molecular formula is C18H24N2. The van der Waals surface area contributed by atoms with Crippen LogP contribution in [-0.4, -0.2) is 10.8 Å². The van der Waals surface area contributed by atoms with E-state index in [1.165, 1.54) is 22.5 Å². The summed E-state index contributed by atoms with van der Waals surface area (Å²) >= 11 is 0. The quantitative estimate of drug-likeness (QED) is 0.694. The molecule has 0 radical (unpaired) electrons. The number of nitrogens with zero attached hydrogens (tertiary/aromatic N) is 2. The molecule has 2 aromatic rings. The van der Waals surface area contributed by atoms with E-state index in [0.717, 1.165) is 12.2 Å². The van der Waals surface area contributed by atoms with Gasteiger partial charge in [0.25, 0.3) is 0 Å². The molecule has 1 heterocycles. The summed E-state index contributed by atoms with van der Waals surface area (Å²) in [5.41, 5.74) is 6.15. The van der Waals surface area contributed by atoms with Crippen molar-refractivity contribution in [2.75, 3.05) is 0 Å². The lowest BCUT2D eigenvalue weighted by Crippen LogP contribution is -1.99. The molecule has 0 spiro atoms. The second-order valence-electron chi connectivity index (χ2n) is 5.58. The minimum atomic E-state index is 0.566. The highest BCUT2D eigenvalue weighted by atomic mass is 15.0. The number of aromatic nitrogens is 1. The van der Waals surface area contributed by atoms with Crippen molar-refractivity contribution in [3.63, 3.8) is 0 Å². The summed E-state index contributed by atoms with van der Waals surface area (Å²) in [4.78, 5) is 4.59. The zero-order valence-corrected chi connectivity index (χ0v) is 13.1. The summed E-state index contributed by atoms with van der Waals surface area (Å²) in [6, 6.07) is 10.7. The summed E-state index contributed by atoms with van der Waals surface area (Å²) in [5, 5.41) is 0. The van der Waals surface area contributed by atoms with E-state index in [1.807, 2.05) is 6.21 Å². The summed E-state index contributed by atoms with van der Waals surface area (Å²) in [5.74, 6) is 0.566. The van der Waals surface area contributed by atoms with Gasteiger partial charge < -0.3 is 4.57 Å². The first-order chi connectivity index (χ1) is 9.52. The Morgan fingerprint density at radius 2 is 1.80 bits per heavy atom. The number of hydrogen-bond donors (Lipinski definition) is 0. The van der Waals surface area contributed by atoms with Gasteiger partial charge in [-0.1, -0.05) is 26.0 Å². The molecule has 1 aromatic carbocycles. The average molecular weight is 268 g/mol. The Bertz CT molecular complexity index is 601. The van der Waals surface area contributed by atoms with Crippen LogP contribution in [0.2, 0.25) is 0 Å².